The van der Waals surface area contributed by atoms with Crippen molar-refractivity contribution in [3.63, 3.8) is 0 Å². The molecular weight excluding hydrogens is 205 g/mol. The molecule has 0 radical (unpaired) electrons. The Morgan fingerprint density at radius 1 is 1.25 bits per heavy atom. The van der Waals surface area contributed by atoms with Gasteiger partial charge in [0, 0.05) is 11.6 Å². The molecule has 3 N–H and O–H groups in total. The molecule has 1 saturated carbocycles. The molecule has 1 aromatic rings. The average molecular weight is 223 g/mol. The van der Waals surface area contributed by atoms with E-state index in [0.29, 0.717) is 11.5 Å². The number of para-hydroxylation sites is 1. The molecule has 0 heterocycles. The van der Waals surface area contributed by atoms with Crippen molar-refractivity contribution in [1.82, 2.24) is 0 Å². The maximum Gasteiger partial charge on any atom is 0.165 e. The van der Waals surface area contributed by atoms with Crippen LogP contribution in [0.25, 0.3) is 0 Å². The molecule has 0 aliphatic heterocycles. The zero-order valence-corrected chi connectivity index (χ0v) is 9.32. The molecule has 0 unspecified atom stereocenters. The molecule has 3 heteroatoms. The number of hydrogen-bond donors (Lipinski definition) is 2. The molecule has 1 aliphatic carbocycles. The number of hydrogen-bond acceptors (Lipinski definition) is 2. The first-order valence-corrected chi connectivity index (χ1v) is 5.93. The quantitative estimate of drug-likeness (QED) is 0.809. The highest BCUT2D eigenvalue weighted by molar-refractivity contribution is 5.36. The molecule has 88 valence electrons. The van der Waals surface area contributed by atoms with Crippen molar-refractivity contribution in [1.29, 1.82) is 0 Å². The number of nitrogens with two attached hydrogens (primary N) is 1. The van der Waals surface area contributed by atoms with Gasteiger partial charge in [-0.3, -0.25) is 0 Å². The molecule has 0 amide bonds. The van der Waals surface area contributed by atoms with Gasteiger partial charge in [-0.25, -0.2) is 4.39 Å². The van der Waals surface area contributed by atoms with Crippen molar-refractivity contribution in [2.75, 3.05) is 0 Å². The minimum absolute atomic E-state index is 0.240. The Labute approximate surface area is 95.3 Å². The highest BCUT2D eigenvalue weighted by atomic mass is 19.1. The minimum Gasteiger partial charge on any atom is -0.505 e. The summed E-state index contributed by atoms with van der Waals surface area (Å²) in [4.78, 5) is 0. The lowest BCUT2D eigenvalue weighted by atomic mass is 9.81. The van der Waals surface area contributed by atoms with Gasteiger partial charge >= 0.3 is 0 Å². The maximum atomic E-state index is 13.2. The highest BCUT2D eigenvalue weighted by Gasteiger charge is 2.24. The van der Waals surface area contributed by atoms with Crippen molar-refractivity contribution in [3.05, 3.63) is 29.6 Å². The van der Waals surface area contributed by atoms with Crippen molar-refractivity contribution in [3.8, 4) is 5.75 Å². The SMILES string of the molecule is N[C@H](c1cccc(F)c1O)C1CCCCC1. The summed E-state index contributed by atoms with van der Waals surface area (Å²) in [7, 11) is 0. The van der Waals surface area contributed by atoms with Crippen molar-refractivity contribution >= 4 is 0 Å². The van der Waals surface area contributed by atoms with Crippen molar-refractivity contribution in [2.45, 2.75) is 38.1 Å². The van der Waals surface area contributed by atoms with E-state index < -0.39 is 5.82 Å². The molecule has 16 heavy (non-hydrogen) atoms. The zero-order chi connectivity index (χ0) is 11.5. The maximum absolute atomic E-state index is 13.2. The monoisotopic (exact) mass is 223 g/mol. The summed E-state index contributed by atoms with van der Waals surface area (Å²) in [6.07, 6.45) is 5.80. The first-order valence-electron chi connectivity index (χ1n) is 5.93. The third-order valence-electron chi connectivity index (χ3n) is 3.53. The van der Waals surface area contributed by atoms with Crippen molar-refractivity contribution < 1.29 is 9.50 Å². The smallest absolute Gasteiger partial charge is 0.165 e. The Morgan fingerprint density at radius 3 is 2.62 bits per heavy atom. The van der Waals surface area contributed by atoms with Crippen LogP contribution in [0.4, 0.5) is 4.39 Å². The van der Waals surface area contributed by atoms with Crippen LogP contribution in [0.5, 0.6) is 5.75 Å². The van der Waals surface area contributed by atoms with Crippen molar-refractivity contribution in [2.24, 2.45) is 11.7 Å². The molecule has 2 rings (SSSR count). The van der Waals surface area contributed by atoms with Crippen LogP contribution in [0, 0.1) is 11.7 Å². The van der Waals surface area contributed by atoms with Crippen LogP contribution >= 0.6 is 0 Å². The largest absolute Gasteiger partial charge is 0.505 e. The molecule has 1 fully saturated rings. The second kappa shape index (κ2) is 4.83. The Morgan fingerprint density at radius 2 is 1.94 bits per heavy atom. The summed E-state index contributed by atoms with van der Waals surface area (Å²) >= 11 is 0. The van der Waals surface area contributed by atoms with E-state index in [9.17, 15) is 9.50 Å². The Bertz CT molecular complexity index is 361. The summed E-state index contributed by atoms with van der Waals surface area (Å²) < 4.78 is 13.2. The van der Waals surface area contributed by atoms with Crippen LogP contribution in [0.3, 0.4) is 0 Å². The fourth-order valence-electron chi connectivity index (χ4n) is 2.55. The van der Waals surface area contributed by atoms with Gasteiger partial charge in [-0.15, -0.1) is 0 Å². The van der Waals surface area contributed by atoms with Gasteiger partial charge in [0.1, 0.15) is 0 Å². The van der Waals surface area contributed by atoms with Gasteiger partial charge in [0.2, 0.25) is 0 Å². The molecule has 0 saturated heterocycles. The second-order valence-electron chi connectivity index (χ2n) is 4.60. The minimum atomic E-state index is -0.580. The predicted molar refractivity (Wildman–Crippen MR) is 61.6 cm³/mol. The summed E-state index contributed by atoms with van der Waals surface area (Å²) in [6, 6.07) is 4.34. The lowest BCUT2D eigenvalue weighted by molar-refractivity contribution is 0.301. The third-order valence-corrected chi connectivity index (χ3v) is 3.53. The van der Waals surface area contributed by atoms with Gasteiger partial charge in [0.05, 0.1) is 0 Å². The fourth-order valence-corrected chi connectivity index (χ4v) is 2.55. The first-order chi connectivity index (χ1) is 7.70. The number of rotatable bonds is 2. The number of halogens is 1. The Balaban J connectivity index is 2.19. The number of benzene rings is 1. The van der Waals surface area contributed by atoms with Gasteiger partial charge < -0.3 is 10.8 Å². The average Bonchev–Trinajstić information content (AvgIpc) is 2.33. The first kappa shape index (κ1) is 11.4. The lowest BCUT2D eigenvalue weighted by Crippen LogP contribution is -2.23. The molecule has 0 aromatic heterocycles. The second-order valence-corrected chi connectivity index (χ2v) is 4.60. The molecule has 2 nitrogen and oxygen atoms in total. The van der Waals surface area contributed by atoms with E-state index in [2.05, 4.69) is 0 Å². The molecule has 0 bridgehead atoms. The van der Waals surface area contributed by atoms with Crippen LogP contribution < -0.4 is 5.73 Å². The predicted octanol–water partition coefficient (Wildman–Crippen LogP) is 3.11. The van der Waals surface area contributed by atoms with E-state index in [1.807, 2.05) is 0 Å². The summed E-state index contributed by atoms with van der Waals surface area (Å²) in [6.45, 7) is 0. The topological polar surface area (TPSA) is 46.2 Å². The molecule has 1 aliphatic rings. The number of phenolic OH excluding ortho intramolecular Hbond substituents is 1. The van der Waals surface area contributed by atoms with Crippen LogP contribution in [0.1, 0.15) is 43.7 Å². The van der Waals surface area contributed by atoms with Gasteiger partial charge in [0.25, 0.3) is 0 Å². The lowest BCUT2D eigenvalue weighted by Gasteiger charge is -2.28. The standard InChI is InChI=1S/C13H18FNO/c14-11-8-4-7-10(13(11)16)12(15)9-5-2-1-3-6-9/h4,7-9,12,16H,1-3,5-6,15H2/t12-/m0/s1. The van der Waals surface area contributed by atoms with Gasteiger partial charge in [-0.05, 0) is 24.8 Å². The van der Waals surface area contributed by atoms with Crippen LogP contribution in [0.15, 0.2) is 18.2 Å². The van der Waals surface area contributed by atoms with Crippen LogP contribution in [-0.2, 0) is 0 Å². The Kier molecular flexibility index (Phi) is 3.44. The van der Waals surface area contributed by atoms with Crippen LogP contribution in [-0.4, -0.2) is 5.11 Å². The molecular formula is C13H18FNO. The Hall–Kier alpha value is -1.09. The number of phenols is 1. The van der Waals surface area contributed by atoms with E-state index in [0.717, 1.165) is 12.8 Å². The zero-order valence-electron chi connectivity index (χ0n) is 9.32. The van der Waals surface area contributed by atoms with E-state index >= 15 is 0 Å². The van der Waals surface area contributed by atoms with E-state index in [4.69, 9.17) is 5.73 Å². The summed E-state index contributed by atoms with van der Waals surface area (Å²) in [5, 5.41) is 9.64. The molecule has 1 aromatic carbocycles. The van der Waals surface area contributed by atoms with E-state index in [1.54, 1.807) is 12.1 Å². The molecule has 1 atom stereocenters. The van der Waals surface area contributed by atoms with Crippen LogP contribution in [0.2, 0.25) is 0 Å². The van der Waals surface area contributed by atoms with E-state index in [1.165, 1.54) is 25.3 Å². The molecule has 0 spiro atoms. The van der Waals surface area contributed by atoms with E-state index in [-0.39, 0.29) is 11.8 Å². The van der Waals surface area contributed by atoms with Gasteiger partial charge in [-0.1, -0.05) is 31.4 Å². The summed E-state index contributed by atoms with van der Waals surface area (Å²) in [5.41, 5.74) is 6.66. The fraction of sp³-hybridized carbons (Fsp3) is 0.538. The van der Waals surface area contributed by atoms with Gasteiger partial charge in [-0.2, -0.15) is 0 Å². The highest BCUT2D eigenvalue weighted by Crippen LogP contribution is 2.36. The summed E-state index contributed by atoms with van der Waals surface area (Å²) in [5.74, 6) is -0.481. The number of aromatic hydroxyl groups is 1. The third kappa shape index (κ3) is 2.19. The van der Waals surface area contributed by atoms with Gasteiger partial charge in [0.15, 0.2) is 11.6 Å². The normalized spacial score (nSPS) is 19.6.